The minimum absolute atomic E-state index is 0.597. The molecule has 7 aromatic carbocycles. The van der Waals surface area contributed by atoms with Crippen LogP contribution in [-0.4, -0.2) is 8.97 Å². The average molecular weight is 679 g/mol. The van der Waals surface area contributed by atoms with Gasteiger partial charge in [-0.05, 0) is 112 Å². The molecule has 3 aromatic heterocycles. The maximum atomic E-state index is 2.48. The zero-order valence-electron chi connectivity index (χ0n) is 30.0. The molecule has 252 valence electrons. The monoisotopic (exact) mass is 678 g/mol. The van der Waals surface area contributed by atoms with Crippen LogP contribution in [-0.2, 0) is 6.42 Å². The number of hydrogen-bond donors (Lipinski definition) is 0. The van der Waals surface area contributed by atoms with Crippen molar-refractivity contribution in [3.8, 4) is 27.9 Å². The number of hydrogen-bond acceptors (Lipinski definition) is 0. The lowest BCUT2D eigenvalue weighted by atomic mass is 9.94. The molecule has 10 aromatic rings. The summed E-state index contributed by atoms with van der Waals surface area (Å²) in [5.74, 6) is 0.597. The first-order chi connectivity index (χ1) is 26.1. The highest BCUT2D eigenvalue weighted by Gasteiger charge is 2.20. The maximum Gasteiger partial charge on any atom is 0.0620 e. The lowest BCUT2D eigenvalue weighted by Gasteiger charge is -2.14. The fraction of sp³-hybridized carbons (Fsp3) is 0.0980. The van der Waals surface area contributed by atoms with Crippen LogP contribution in [0.4, 0.5) is 0 Å². The summed E-state index contributed by atoms with van der Waals surface area (Å²) < 4.78 is 4.95. The predicted molar refractivity (Wildman–Crippen MR) is 227 cm³/mol. The molecule has 0 spiro atoms. The van der Waals surface area contributed by atoms with Crippen LogP contribution in [0, 0.1) is 5.92 Å². The molecule has 0 amide bonds. The van der Waals surface area contributed by atoms with Crippen LogP contribution in [0.1, 0.15) is 31.4 Å². The summed E-state index contributed by atoms with van der Waals surface area (Å²) in [4.78, 5) is 0. The smallest absolute Gasteiger partial charge is 0.0620 e. The Kier molecular flexibility index (Phi) is 6.60. The van der Waals surface area contributed by atoms with Gasteiger partial charge in [0.25, 0.3) is 0 Å². The fourth-order valence-electron chi connectivity index (χ4n) is 8.98. The molecule has 11 rings (SSSR count). The molecule has 0 saturated carbocycles. The Hall–Kier alpha value is -6.38. The third-order valence-corrected chi connectivity index (χ3v) is 11.7. The Bertz CT molecular complexity index is 3130. The van der Waals surface area contributed by atoms with Crippen LogP contribution in [0.5, 0.6) is 0 Å². The normalized spacial score (nSPS) is 14.8. The van der Waals surface area contributed by atoms with Gasteiger partial charge in [0.05, 0.1) is 27.6 Å². The molecule has 1 unspecified atom stereocenters. The van der Waals surface area contributed by atoms with Crippen LogP contribution < -0.4 is 0 Å². The maximum absolute atomic E-state index is 2.48. The molecule has 3 heterocycles. The van der Waals surface area contributed by atoms with Gasteiger partial charge in [-0.1, -0.05) is 123 Å². The second-order valence-electron chi connectivity index (χ2n) is 14.9. The van der Waals surface area contributed by atoms with Crippen molar-refractivity contribution in [3.05, 3.63) is 175 Å². The number of aromatic nitrogens is 2. The number of allylic oxidation sites excluding steroid dienone is 4. The minimum Gasteiger partial charge on any atom is -0.309 e. The van der Waals surface area contributed by atoms with E-state index in [-0.39, 0.29) is 0 Å². The van der Waals surface area contributed by atoms with Gasteiger partial charge in [0.15, 0.2) is 0 Å². The Morgan fingerprint density at radius 1 is 0.509 bits per heavy atom. The SMILES string of the molecule is CCc1ccc2c3cc(-c4ccc5c(c4)c4cccc6c7cc(-c8ccccc8)ccc7n5c64)ccc3n(-c3cccc(C4=CCC(C)C=C4)c3)c2c1. The molecular weight excluding hydrogens is 641 g/mol. The molecule has 1 atom stereocenters. The molecule has 0 aliphatic heterocycles. The lowest BCUT2D eigenvalue weighted by molar-refractivity contribution is 0.739. The van der Waals surface area contributed by atoms with Crippen molar-refractivity contribution in [2.45, 2.75) is 26.7 Å². The van der Waals surface area contributed by atoms with Crippen molar-refractivity contribution in [2.75, 3.05) is 0 Å². The zero-order chi connectivity index (χ0) is 35.2. The van der Waals surface area contributed by atoms with Crippen molar-refractivity contribution in [3.63, 3.8) is 0 Å². The Morgan fingerprint density at radius 2 is 1.15 bits per heavy atom. The van der Waals surface area contributed by atoms with E-state index in [4.69, 9.17) is 0 Å². The highest BCUT2D eigenvalue weighted by Crippen LogP contribution is 2.42. The predicted octanol–water partition coefficient (Wildman–Crippen LogP) is 13.8. The molecule has 1 aliphatic carbocycles. The summed E-state index contributed by atoms with van der Waals surface area (Å²) in [5, 5.41) is 7.79. The number of benzene rings is 7. The van der Waals surface area contributed by atoms with Crippen molar-refractivity contribution in [2.24, 2.45) is 5.92 Å². The van der Waals surface area contributed by atoms with E-state index in [1.54, 1.807) is 0 Å². The Labute approximate surface area is 308 Å². The highest BCUT2D eigenvalue weighted by atomic mass is 15.0. The van der Waals surface area contributed by atoms with Gasteiger partial charge in [0, 0.05) is 38.0 Å². The van der Waals surface area contributed by atoms with Gasteiger partial charge >= 0.3 is 0 Å². The Morgan fingerprint density at radius 3 is 1.83 bits per heavy atom. The number of fused-ring (bicyclic) bond motifs is 9. The van der Waals surface area contributed by atoms with E-state index >= 15 is 0 Å². The molecular formula is C51H38N2. The van der Waals surface area contributed by atoms with Crippen LogP contribution in [0.3, 0.4) is 0 Å². The summed E-state index contributed by atoms with van der Waals surface area (Å²) in [5.41, 5.74) is 16.4. The van der Waals surface area contributed by atoms with Gasteiger partial charge in [-0.2, -0.15) is 0 Å². The summed E-state index contributed by atoms with van der Waals surface area (Å²) in [6.45, 7) is 4.52. The summed E-state index contributed by atoms with van der Waals surface area (Å²) in [6.07, 6.45) is 9.10. The van der Waals surface area contributed by atoms with Gasteiger partial charge in [0.2, 0.25) is 0 Å². The molecule has 53 heavy (non-hydrogen) atoms. The number of nitrogens with zero attached hydrogens (tertiary/aromatic N) is 2. The molecule has 0 saturated heterocycles. The quantitative estimate of drug-likeness (QED) is 0.171. The van der Waals surface area contributed by atoms with Crippen molar-refractivity contribution < 1.29 is 0 Å². The number of aryl methyl sites for hydroxylation is 1. The average Bonchev–Trinajstić information content (AvgIpc) is 3.85. The van der Waals surface area contributed by atoms with E-state index < -0.39 is 0 Å². The first kappa shape index (κ1) is 30.3. The van der Waals surface area contributed by atoms with E-state index in [1.807, 2.05) is 0 Å². The molecule has 0 fully saturated rings. The highest BCUT2D eigenvalue weighted by molar-refractivity contribution is 6.24. The van der Waals surface area contributed by atoms with Crippen molar-refractivity contribution >= 4 is 65.5 Å². The van der Waals surface area contributed by atoms with Gasteiger partial charge in [-0.15, -0.1) is 0 Å². The standard InChI is InChI=1S/C51H38N2/c1-3-33-17-23-41-44-30-38(21-24-47(44)52(50(41)27-33)40-12-7-11-36(28-40)35-18-15-32(2)16-19-35)39-22-26-49-46(31-39)43-14-8-13-42-45-29-37(34-9-5-4-6-10-34)20-25-48(45)53(49)51(42)43/h4-15,17-32H,3,16H2,1-2H3. The van der Waals surface area contributed by atoms with Crippen molar-refractivity contribution in [1.29, 1.82) is 0 Å². The van der Waals surface area contributed by atoms with Gasteiger partial charge in [-0.3, -0.25) is 0 Å². The first-order valence-corrected chi connectivity index (χ1v) is 19.0. The molecule has 1 aliphatic rings. The Balaban J connectivity index is 1.07. The minimum atomic E-state index is 0.597. The van der Waals surface area contributed by atoms with E-state index in [1.165, 1.54) is 105 Å². The lowest BCUT2D eigenvalue weighted by Crippen LogP contribution is -1.97. The molecule has 0 radical (unpaired) electrons. The molecule has 0 bridgehead atoms. The first-order valence-electron chi connectivity index (χ1n) is 19.0. The molecule has 0 N–H and O–H groups in total. The van der Waals surface area contributed by atoms with Crippen LogP contribution in [0.15, 0.2) is 164 Å². The van der Waals surface area contributed by atoms with E-state index in [0.29, 0.717) is 5.92 Å². The second-order valence-corrected chi connectivity index (χ2v) is 14.9. The van der Waals surface area contributed by atoms with E-state index in [0.717, 1.165) is 12.8 Å². The number of rotatable bonds is 5. The van der Waals surface area contributed by atoms with E-state index in [2.05, 4.69) is 187 Å². The summed E-state index contributed by atoms with van der Waals surface area (Å²) in [6, 6.07) is 54.6. The largest absolute Gasteiger partial charge is 0.309 e. The fourth-order valence-corrected chi connectivity index (χ4v) is 8.98. The molecule has 2 nitrogen and oxygen atoms in total. The number of para-hydroxylation sites is 1. The van der Waals surface area contributed by atoms with Gasteiger partial charge in [-0.25, -0.2) is 0 Å². The van der Waals surface area contributed by atoms with Crippen LogP contribution >= 0.6 is 0 Å². The van der Waals surface area contributed by atoms with E-state index in [9.17, 15) is 0 Å². The van der Waals surface area contributed by atoms with Gasteiger partial charge in [0.1, 0.15) is 0 Å². The van der Waals surface area contributed by atoms with Crippen LogP contribution in [0.2, 0.25) is 0 Å². The third-order valence-electron chi connectivity index (χ3n) is 11.7. The van der Waals surface area contributed by atoms with Gasteiger partial charge < -0.3 is 8.97 Å². The summed E-state index contributed by atoms with van der Waals surface area (Å²) >= 11 is 0. The topological polar surface area (TPSA) is 9.34 Å². The molecule has 2 heteroatoms. The summed E-state index contributed by atoms with van der Waals surface area (Å²) in [7, 11) is 0. The zero-order valence-corrected chi connectivity index (χ0v) is 30.0. The van der Waals surface area contributed by atoms with Crippen molar-refractivity contribution in [1.82, 2.24) is 8.97 Å². The second kappa shape index (κ2) is 11.6. The van der Waals surface area contributed by atoms with Crippen LogP contribution in [0.25, 0.3) is 93.4 Å². The third kappa shape index (κ3) is 4.58.